The third kappa shape index (κ3) is 5.31. The first-order chi connectivity index (χ1) is 13.2. The largest absolute Gasteiger partial charge is 0.312 e. The van der Waals surface area contributed by atoms with Crippen LogP contribution in [0.15, 0.2) is 60.7 Å². The zero-order valence-corrected chi connectivity index (χ0v) is 17.3. The van der Waals surface area contributed by atoms with Gasteiger partial charge in [-0.25, -0.2) is 0 Å². The summed E-state index contributed by atoms with van der Waals surface area (Å²) in [7, 11) is -2.86. The molecule has 1 aliphatic carbocycles. The predicted molar refractivity (Wildman–Crippen MR) is 116 cm³/mol. The summed E-state index contributed by atoms with van der Waals surface area (Å²) in [6.07, 6.45) is 8.42. The summed E-state index contributed by atoms with van der Waals surface area (Å²) < 4.78 is 14.3. The van der Waals surface area contributed by atoms with E-state index in [-0.39, 0.29) is 6.04 Å². The Morgan fingerprint density at radius 1 is 0.852 bits per heavy atom. The fourth-order valence-corrected chi connectivity index (χ4v) is 6.56. The van der Waals surface area contributed by atoms with Gasteiger partial charge in [-0.3, -0.25) is 9.65 Å². The topological polar surface area (TPSA) is 41.1 Å². The Morgan fingerprint density at radius 3 is 1.96 bits per heavy atom. The van der Waals surface area contributed by atoms with Crippen molar-refractivity contribution in [2.75, 3.05) is 6.54 Å². The molecule has 146 valence electrons. The van der Waals surface area contributed by atoms with E-state index in [4.69, 9.17) is 0 Å². The van der Waals surface area contributed by atoms with E-state index in [1.807, 2.05) is 60.7 Å². The van der Waals surface area contributed by atoms with E-state index in [9.17, 15) is 4.57 Å². The molecule has 0 saturated heterocycles. The first-order valence-corrected chi connectivity index (χ1v) is 12.2. The van der Waals surface area contributed by atoms with Crippen molar-refractivity contribution in [3.05, 3.63) is 60.7 Å². The van der Waals surface area contributed by atoms with Crippen molar-refractivity contribution in [3.63, 3.8) is 0 Å². The summed E-state index contributed by atoms with van der Waals surface area (Å²) in [6.45, 7) is 3.29. The smallest absolute Gasteiger partial charge is 0.204 e. The van der Waals surface area contributed by atoms with Crippen molar-refractivity contribution in [1.29, 1.82) is 0 Å². The van der Waals surface area contributed by atoms with E-state index in [2.05, 4.69) is 17.3 Å². The lowest BCUT2D eigenvalue weighted by molar-refractivity contribution is 0.309. The molecule has 3 rings (SSSR count). The number of unbranched alkanes of at least 4 members (excludes halogenated alkanes) is 2. The Labute approximate surface area is 164 Å². The van der Waals surface area contributed by atoms with Gasteiger partial charge in [-0.15, -0.1) is 0 Å². The van der Waals surface area contributed by atoms with Crippen LogP contribution in [0.2, 0.25) is 0 Å². The van der Waals surface area contributed by atoms with Gasteiger partial charge in [0.2, 0.25) is 7.29 Å². The van der Waals surface area contributed by atoms with Crippen LogP contribution in [0.5, 0.6) is 0 Å². The Morgan fingerprint density at radius 2 is 1.41 bits per heavy atom. The van der Waals surface area contributed by atoms with Crippen LogP contribution >= 0.6 is 7.29 Å². The van der Waals surface area contributed by atoms with Crippen molar-refractivity contribution in [3.8, 4) is 0 Å². The van der Waals surface area contributed by atoms with Gasteiger partial charge in [-0.1, -0.05) is 69.0 Å². The van der Waals surface area contributed by atoms with Crippen molar-refractivity contribution >= 4 is 17.9 Å². The number of nitrogens with one attached hydrogen (secondary N) is 2. The van der Waals surface area contributed by atoms with Gasteiger partial charge in [0.05, 0.1) is 0 Å². The highest BCUT2D eigenvalue weighted by molar-refractivity contribution is 7.76. The molecule has 0 heterocycles. The van der Waals surface area contributed by atoms with Crippen molar-refractivity contribution in [2.24, 2.45) is 0 Å². The molecule has 1 saturated carbocycles. The van der Waals surface area contributed by atoms with Crippen LogP contribution < -0.4 is 21.0 Å². The van der Waals surface area contributed by atoms with Crippen LogP contribution in [0.4, 0.5) is 0 Å². The summed E-state index contributed by atoms with van der Waals surface area (Å²) in [4.78, 5) is 0. The first kappa shape index (κ1) is 20.3. The van der Waals surface area contributed by atoms with E-state index in [1.165, 1.54) is 32.1 Å². The summed E-state index contributed by atoms with van der Waals surface area (Å²) in [5, 5.41) is 9.19. The molecule has 0 aromatic heterocycles. The second-order valence-electron chi connectivity index (χ2n) is 7.57. The minimum absolute atomic E-state index is 0.242. The van der Waals surface area contributed by atoms with Crippen molar-refractivity contribution in [2.45, 2.75) is 64.0 Å². The Hall–Kier alpha value is -1.41. The number of benzene rings is 2. The van der Waals surface area contributed by atoms with Gasteiger partial charge < -0.3 is 5.32 Å². The Bertz CT molecular complexity index is 676. The highest BCUT2D eigenvalue weighted by Gasteiger charge is 2.34. The van der Waals surface area contributed by atoms with Gasteiger partial charge >= 0.3 is 0 Å². The standard InChI is InChI=1S/C23H33N2OP/c1-2-3-12-19-24-22-17-10-11-18-23(22)25-27(26,20-13-6-4-7-14-20)21-15-8-5-9-16-21/h4-9,13-16,22-24H,2-3,10-12,17-19H2,1H3,(H,25,26)/t22-,23-/m1/s1. The molecule has 0 bridgehead atoms. The molecule has 4 heteroatoms. The zero-order valence-electron chi connectivity index (χ0n) is 16.4. The van der Waals surface area contributed by atoms with E-state index in [1.54, 1.807) is 0 Å². The maximum Gasteiger partial charge on any atom is 0.204 e. The molecule has 1 fully saturated rings. The van der Waals surface area contributed by atoms with Gasteiger partial charge in [0, 0.05) is 22.7 Å². The van der Waals surface area contributed by atoms with Gasteiger partial charge in [0.15, 0.2) is 0 Å². The lowest BCUT2D eigenvalue weighted by Gasteiger charge is -2.36. The Kier molecular flexibility index (Phi) is 7.70. The maximum absolute atomic E-state index is 14.3. The summed E-state index contributed by atoms with van der Waals surface area (Å²) in [5.41, 5.74) is 0. The molecular formula is C23H33N2OP. The second-order valence-corrected chi connectivity index (χ2v) is 10.1. The van der Waals surface area contributed by atoms with Crippen LogP contribution in [0.3, 0.4) is 0 Å². The number of hydrogen-bond acceptors (Lipinski definition) is 2. The highest BCUT2D eigenvalue weighted by atomic mass is 31.2. The SMILES string of the molecule is CCCCCN[C@@H]1CCCC[C@H]1NP(=O)(c1ccccc1)c1ccccc1. The molecule has 0 spiro atoms. The zero-order chi connectivity index (χ0) is 19.0. The molecule has 27 heavy (non-hydrogen) atoms. The van der Waals surface area contributed by atoms with Crippen molar-refractivity contribution in [1.82, 2.24) is 10.4 Å². The normalized spacial score (nSPS) is 20.5. The molecule has 0 radical (unpaired) electrons. The summed E-state index contributed by atoms with van der Waals surface area (Å²) >= 11 is 0. The fraction of sp³-hybridized carbons (Fsp3) is 0.478. The van der Waals surface area contributed by atoms with E-state index < -0.39 is 7.29 Å². The number of rotatable bonds is 9. The third-order valence-corrected chi connectivity index (χ3v) is 8.29. The third-order valence-electron chi connectivity index (χ3n) is 5.54. The molecule has 0 amide bonds. The molecule has 3 nitrogen and oxygen atoms in total. The average Bonchev–Trinajstić information content (AvgIpc) is 2.73. The molecule has 0 unspecified atom stereocenters. The molecule has 2 atom stereocenters. The van der Waals surface area contributed by atoms with Gasteiger partial charge in [-0.2, -0.15) is 0 Å². The van der Waals surface area contributed by atoms with Crippen LogP contribution in [0, 0.1) is 0 Å². The summed E-state index contributed by atoms with van der Waals surface area (Å²) in [6, 6.07) is 20.5. The monoisotopic (exact) mass is 384 g/mol. The van der Waals surface area contributed by atoms with Crippen LogP contribution in [0.25, 0.3) is 0 Å². The lowest BCUT2D eigenvalue weighted by Crippen LogP contribution is -2.50. The van der Waals surface area contributed by atoms with Crippen LogP contribution in [-0.2, 0) is 4.57 Å². The fourth-order valence-electron chi connectivity index (χ4n) is 4.00. The van der Waals surface area contributed by atoms with Crippen molar-refractivity contribution < 1.29 is 4.57 Å². The van der Waals surface area contributed by atoms with Gasteiger partial charge in [0.25, 0.3) is 0 Å². The first-order valence-electron chi connectivity index (χ1n) is 10.5. The minimum atomic E-state index is -2.86. The second kappa shape index (κ2) is 10.2. The highest BCUT2D eigenvalue weighted by Crippen LogP contribution is 2.41. The molecule has 2 aromatic carbocycles. The minimum Gasteiger partial charge on any atom is -0.312 e. The summed E-state index contributed by atoms with van der Waals surface area (Å²) in [5.74, 6) is 0. The average molecular weight is 385 g/mol. The predicted octanol–water partition coefficient (Wildman–Crippen LogP) is 4.60. The number of hydrogen-bond donors (Lipinski definition) is 2. The molecule has 2 aromatic rings. The van der Waals surface area contributed by atoms with Crippen LogP contribution in [-0.4, -0.2) is 18.6 Å². The Balaban J connectivity index is 1.81. The van der Waals surface area contributed by atoms with Gasteiger partial charge in [0.1, 0.15) is 0 Å². The van der Waals surface area contributed by atoms with Crippen LogP contribution in [0.1, 0.15) is 51.9 Å². The van der Waals surface area contributed by atoms with E-state index >= 15 is 0 Å². The molecule has 2 N–H and O–H groups in total. The maximum atomic E-state index is 14.3. The van der Waals surface area contributed by atoms with E-state index in [0.717, 1.165) is 30.0 Å². The molecule has 1 aliphatic rings. The quantitative estimate of drug-likeness (QED) is 0.491. The van der Waals surface area contributed by atoms with Gasteiger partial charge in [-0.05, 0) is 50.1 Å². The molecular weight excluding hydrogens is 351 g/mol. The molecule has 0 aliphatic heterocycles. The van der Waals surface area contributed by atoms with E-state index in [0.29, 0.717) is 6.04 Å². The lowest BCUT2D eigenvalue weighted by atomic mass is 9.91.